The molecule has 0 bridgehead atoms. The van der Waals surface area contributed by atoms with E-state index in [1.165, 1.54) is 0 Å². The van der Waals surface area contributed by atoms with Crippen molar-refractivity contribution in [1.29, 1.82) is 0 Å². The number of nitrogens with zero attached hydrogens (tertiary/aromatic N) is 1. The Labute approximate surface area is 108 Å². The summed E-state index contributed by atoms with van der Waals surface area (Å²) in [5.41, 5.74) is 0.401. The molecule has 1 N–H and O–H groups in total. The summed E-state index contributed by atoms with van der Waals surface area (Å²) in [6, 6.07) is 9.80. The van der Waals surface area contributed by atoms with Gasteiger partial charge in [-0.1, -0.05) is 49.6 Å². The first-order valence-corrected chi connectivity index (χ1v) is 6.51. The van der Waals surface area contributed by atoms with Crippen molar-refractivity contribution in [1.82, 2.24) is 0 Å². The Kier molecular flexibility index (Phi) is 4.13. The highest BCUT2D eigenvalue weighted by Gasteiger charge is 2.39. The molecule has 0 spiro atoms. The molecular weight excluding hydrogens is 226 g/mol. The van der Waals surface area contributed by atoms with E-state index in [9.17, 15) is 9.90 Å². The molecule has 0 radical (unpaired) electrons. The summed E-state index contributed by atoms with van der Waals surface area (Å²) < 4.78 is 0. The topological polar surface area (TPSA) is 49.7 Å². The summed E-state index contributed by atoms with van der Waals surface area (Å²) in [5.74, 6) is -0.688. The highest BCUT2D eigenvalue weighted by atomic mass is 16.4. The van der Waals surface area contributed by atoms with Crippen LogP contribution in [0.4, 0.5) is 0 Å². The van der Waals surface area contributed by atoms with Crippen molar-refractivity contribution in [3.05, 3.63) is 35.9 Å². The van der Waals surface area contributed by atoms with Gasteiger partial charge in [-0.3, -0.25) is 9.79 Å². The van der Waals surface area contributed by atoms with Gasteiger partial charge in [0.25, 0.3) is 0 Å². The molecule has 3 nitrogen and oxygen atoms in total. The molecule has 1 saturated carbocycles. The molecule has 18 heavy (non-hydrogen) atoms. The normalized spacial score (nSPS) is 18.9. The third-order valence-electron chi connectivity index (χ3n) is 3.70. The maximum absolute atomic E-state index is 11.4. The Morgan fingerprint density at radius 2 is 1.89 bits per heavy atom. The van der Waals surface area contributed by atoms with Gasteiger partial charge in [0.15, 0.2) is 0 Å². The van der Waals surface area contributed by atoms with Crippen molar-refractivity contribution < 1.29 is 9.90 Å². The van der Waals surface area contributed by atoms with Gasteiger partial charge >= 0.3 is 5.97 Å². The van der Waals surface area contributed by atoms with Gasteiger partial charge in [-0.15, -0.1) is 0 Å². The molecule has 0 saturated heterocycles. The number of carbonyl (C=O) groups is 1. The Hall–Kier alpha value is -1.64. The fraction of sp³-hybridized carbons (Fsp3) is 0.467. The van der Waals surface area contributed by atoms with E-state index in [-0.39, 0.29) is 0 Å². The van der Waals surface area contributed by atoms with Crippen molar-refractivity contribution in [2.75, 3.05) is 6.54 Å². The van der Waals surface area contributed by atoms with Crippen LogP contribution >= 0.6 is 0 Å². The number of hydrogen-bond acceptors (Lipinski definition) is 2. The van der Waals surface area contributed by atoms with Gasteiger partial charge in [0.2, 0.25) is 0 Å². The lowest BCUT2D eigenvalue weighted by Crippen LogP contribution is -2.36. The van der Waals surface area contributed by atoms with E-state index in [0.29, 0.717) is 6.54 Å². The average Bonchev–Trinajstić information content (AvgIpc) is 2.41. The Bertz CT molecular complexity index is 419. The number of aliphatic carboxylic acids is 1. The van der Waals surface area contributed by atoms with Crippen molar-refractivity contribution in [3.63, 3.8) is 0 Å². The van der Waals surface area contributed by atoms with Crippen molar-refractivity contribution >= 4 is 12.2 Å². The van der Waals surface area contributed by atoms with E-state index in [1.807, 2.05) is 30.3 Å². The van der Waals surface area contributed by atoms with Crippen molar-refractivity contribution in [2.45, 2.75) is 32.1 Å². The summed E-state index contributed by atoms with van der Waals surface area (Å²) in [7, 11) is 0. The van der Waals surface area contributed by atoms with Crippen LogP contribution in [0, 0.1) is 5.41 Å². The van der Waals surface area contributed by atoms with E-state index in [1.54, 1.807) is 6.21 Å². The van der Waals surface area contributed by atoms with Gasteiger partial charge < -0.3 is 5.11 Å². The molecule has 0 amide bonds. The lowest BCUT2D eigenvalue weighted by molar-refractivity contribution is -0.150. The number of rotatable bonds is 4. The predicted octanol–water partition coefficient (Wildman–Crippen LogP) is 3.14. The van der Waals surface area contributed by atoms with Crippen LogP contribution in [0.25, 0.3) is 0 Å². The van der Waals surface area contributed by atoms with Crippen molar-refractivity contribution in [2.24, 2.45) is 10.4 Å². The molecule has 2 rings (SSSR count). The lowest BCUT2D eigenvalue weighted by Gasteiger charge is -2.31. The van der Waals surface area contributed by atoms with Crippen LogP contribution in [0.1, 0.15) is 37.7 Å². The van der Waals surface area contributed by atoms with Gasteiger partial charge in [-0.05, 0) is 18.4 Å². The highest BCUT2D eigenvalue weighted by molar-refractivity contribution is 5.80. The average molecular weight is 245 g/mol. The predicted molar refractivity (Wildman–Crippen MR) is 72.1 cm³/mol. The molecular formula is C15H19NO2. The minimum Gasteiger partial charge on any atom is -0.481 e. The van der Waals surface area contributed by atoms with Crippen molar-refractivity contribution in [3.8, 4) is 0 Å². The molecule has 96 valence electrons. The van der Waals surface area contributed by atoms with E-state index >= 15 is 0 Å². The Morgan fingerprint density at radius 3 is 2.50 bits per heavy atom. The second kappa shape index (κ2) is 5.80. The number of carboxylic acid groups (broad SMARTS) is 1. The zero-order valence-electron chi connectivity index (χ0n) is 10.5. The van der Waals surface area contributed by atoms with Crippen LogP contribution in [-0.4, -0.2) is 23.8 Å². The zero-order chi connectivity index (χ0) is 12.8. The van der Waals surface area contributed by atoms with Crippen LogP contribution in [0.3, 0.4) is 0 Å². The highest BCUT2D eigenvalue weighted by Crippen LogP contribution is 2.36. The molecule has 1 aliphatic rings. The van der Waals surface area contributed by atoms with Crippen LogP contribution in [-0.2, 0) is 4.79 Å². The number of hydrogen-bond donors (Lipinski definition) is 1. The standard InChI is InChI=1S/C15H19NO2/c17-14(18)15(9-5-2-6-10-15)12-16-11-13-7-3-1-4-8-13/h1,3-4,7-8,11H,2,5-6,9-10,12H2,(H,17,18)/b16-11+. The van der Waals surface area contributed by atoms with Crippen LogP contribution in [0.15, 0.2) is 35.3 Å². The molecule has 0 atom stereocenters. The molecule has 0 aliphatic heterocycles. The summed E-state index contributed by atoms with van der Waals surface area (Å²) in [6.07, 6.45) is 6.46. The summed E-state index contributed by atoms with van der Waals surface area (Å²) in [6.45, 7) is 0.400. The van der Waals surface area contributed by atoms with Crippen LogP contribution in [0.5, 0.6) is 0 Å². The largest absolute Gasteiger partial charge is 0.481 e. The van der Waals surface area contributed by atoms with Gasteiger partial charge in [0, 0.05) is 6.21 Å². The fourth-order valence-corrected chi connectivity index (χ4v) is 2.53. The summed E-state index contributed by atoms with van der Waals surface area (Å²) in [5, 5.41) is 9.41. The lowest BCUT2D eigenvalue weighted by atomic mass is 9.74. The third-order valence-corrected chi connectivity index (χ3v) is 3.70. The molecule has 1 fully saturated rings. The van der Waals surface area contributed by atoms with Crippen LogP contribution < -0.4 is 0 Å². The second-order valence-electron chi connectivity index (χ2n) is 5.03. The minimum atomic E-state index is -0.688. The molecule has 1 aliphatic carbocycles. The minimum absolute atomic E-state index is 0.400. The fourth-order valence-electron chi connectivity index (χ4n) is 2.53. The SMILES string of the molecule is O=C(O)C1(C/N=C/c2ccccc2)CCCCC1. The van der Waals surface area contributed by atoms with E-state index in [4.69, 9.17) is 0 Å². The number of benzene rings is 1. The smallest absolute Gasteiger partial charge is 0.311 e. The second-order valence-corrected chi connectivity index (χ2v) is 5.03. The maximum Gasteiger partial charge on any atom is 0.311 e. The number of aliphatic imine (C=N–C) groups is 1. The van der Waals surface area contributed by atoms with Crippen LogP contribution in [0.2, 0.25) is 0 Å². The van der Waals surface area contributed by atoms with Gasteiger partial charge in [0.1, 0.15) is 0 Å². The van der Waals surface area contributed by atoms with Gasteiger partial charge in [-0.2, -0.15) is 0 Å². The molecule has 1 aromatic carbocycles. The molecule has 1 aromatic rings. The molecule has 0 unspecified atom stereocenters. The summed E-state index contributed by atoms with van der Waals surface area (Å²) in [4.78, 5) is 15.8. The monoisotopic (exact) mass is 245 g/mol. The first-order chi connectivity index (χ1) is 8.73. The van der Waals surface area contributed by atoms with Gasteiger partial charge in [-0.25, -0.2) is 0 Å². The zero-order valence-corrected chi connectivity index (χ0v) is 10.5. The first kappa shape index (κ1) is 12.8. The van der Waals surface area contributed by atoms with E-state index in [0.717, 1.165) is 37.7 Å². The van der Waals surface area contributed by atoms with E-state index in [2.05, 4.69) is 4.99 Å². The quantitative estimate of drug-likeness (QED) is 0.828. The summed E-state index contributed by atoms with van der Waals surface area (Å²) >= 11 is 0. The molecule has 0 aromatic heterocycles. The maximum atomic E-state index is 11.4. The Balaban J connectivity index is 2.02. The van der Waals surface area contributed by atoms with E-state index < -0.39 is 11.4 Å². The first-order valence-electron chi connectivity index (χ1n) is 6.51. The third kappa shape index (κ3) is 2.97. The number of carboxylic acids is 1. The molecule has 0 heterocycles. The van der Waals surface area contributed by atoms with Gasteiger partial charge in [0.05, 0.1) is 12.0 Å². The Morgan fingerprint density at radius 1 is 1.22 bits per heavy atom. The molecule has 3 heteroatoms.